The number of aromatic nitrogens is 1. The lowest BCUT2D eigenvalue weighted by Crippen LogP contribution is -2.06. The number of aliphatic hydroxyl groups is 1. The summed E-state index contributed by atoms with van der Waals surface area (Å²) >= 11 is 0. The highest BCUT2D eigenvalue weighted by Gasteiger charge is 2.30. The van der Waals surface area contributed by atoms with Crippen molar-refractivity contribution in [3.8, 4) is 5.75 Å². The van der Waals surface area contributed by atoms with Crippen LogP contribution in [-0.4, -0.2) is 10.1 Å². The Morgan fingerprint density at radius 3 is 2.88 bits per heavy atom. The molecule has 4 rings (SSSR count). The normalized spacial score (nSPS) is 18.8. The Bertz CT molecular complexity index is 906. The van der Waals surface area contributed by atoms with Gasteiger partial charge in [-0.3, -0.25) is 0 Å². The first kappa shape index (κ1) is 17.0. The summed E-state index contributed by atoms with van der Waals surface area (Å²) in [4.78, 5) is 4.65. The number of nitrogens with zero attached hydrogens (tertiary/aromatic N) is 1. The fraction of sp³-hybridized carbons (Fsp3) is 0.348. The van der Waals surface area contributed by atoms with Crippen LogP contribution in [0.15, 0.2) is 54.6 Å². The molecular formula is C23H25NO2. The standard InChI is InChI=1S/C23H25NO2/c1-2-3-6-18-13-17-10-12-20(14-21(17)23(18)25)26-15-19-11-9-16-7-4-5-8-22(16)24-19/h4-5,7-12,14,18,23,25H,2-3,6,13,15H2,1H3/t18-,23+/m1/s1. The van der Waals surface area contributed by atoms with Crippen molar-refractivity contribution in [2.24, 2.45) is 5.92 Å². The molecule has 0 saturated carbocycles. The van der Waals surface area contributed by atoms with Crippen LogP contribution in [-0.2, 0) is 13.0 Å². The number of aliphatic hydroxyl groups excluding tert-OH is 1. The Morgan fingerprint density at radius 2 is 2.00 bits per heavy atom. The second kappa shape index (κ2) is 7.46. The van der Waals surface area contributed by atoms with Crippen molar-refractivity contribution >= 4 is 10.9 Å². The second-order valence-electron chi connectivity index (χ2n) is 7.20. The van der Waals surface area contributed by atoms with Crippen LogP contribution in [0.4, 0.5) is 0 Å². The van der Waals surface area contributed by atoms with Crippen LogP contribution in [0.1, 0.15) is 49.1 Å². The highest BCUT2D eigenvalue weighted by atomic mass is 16.5. The van der Waals surface area contributed by atoms with E-state index < -0.39 is 0 Å². The zero-order valence-electron chi connectivity index (χ0n) is 15.2. The first-order valence-corrected chi connectivity index (χ1v) is 9.53. The van der Waals surface area contributed by atoms with Crippen LogP contribution in [0.3, 0.4) is 0 Å². The molecule has 1 aromatic heterocycles. The molecule has 3 nitrogen and oxygen atoms in total. The average molecular weight is 347 g/mol. The molecule has 1 heterocycles. The van der Waals surface area contributed by atoms with Crippen LogP contribution in [0, 0.1) is 5.92 Å². The van der Waals surface area contributed by atoms with Crippen molar-refractivity contribution in [2.75, 3.05) is 0 Å². The molecule has 0 aliphatic heterocycles. The van der Waals surface area contributed by atoms with E-state index in [0.29, 0.717) is 12.5 Å². The number of para-hydroxylation sites is 1. The number of pyridine rings is 1. The first-order valence-electron chi connectivity index (χ1n) is 9.53. The van der Waals surface area contributed by atoms with Gasteiger partial charge < -0.3 is 9.84 Å². The summed E-state index contributed by atoms with van der Waals surface area (Å²) in [5, 5.41) is 11.8. The van der Waals surface area contributed by atoms with Gasteiger partial charge in [-0.2, -0.15) is 0 Å². The lowest BCUT2D eigenvalue weighted by molar-refractivity contribution is 0.116. The third-order valence-corrected chi connectivity index (χ3v) is 5.34. The van der Waals surface area contributed by atoms with Gasteiger partial charge >= 0.3 is 0 Å². The molecule has 2 aromatic carbocycles. The lowest BCUT2D eigenvalue weighted by atomic mass is 9.97. The molecule has 0 radical (unpaired) electrons. The van der Waals surface area contributed by atoms with Crippen LogP contribution in [0.2, 0.25) is 0 Å². The van der Waals surface area contributed by atoms with Gasteiger partial charge in [0.2, 0.25) is 0 Å². The topological polar surface area (TPSA) is 42.4 Å². The van der Waals surface area contributed by atoms with Gasteiger partial charge in [0.1, 0.15) is 12.4 Å². The summed E-state index contributed by atoms with van der Waals surface area (Å²) in [7, 11) is 0. The molecule has 0 spiro atoms. The first-order chi connectivity index (χ1) is 12.7. The van der Waals surface area contributed by atoms with Gasteiger partial charge in [-0.05, 0) is 54.2 Å². The maximum absolute atomic E-state index is 10.6. The van der Waals surface area contributed by atoms with E-state index in [1.165, 1.54) is 18.4 Å². The van der Waals surface area contributed by atoms with Crippen molar-refractivity contribution in [1.82, 2.24) is 4.98 Å². The van der Waals surface area contributed by atoms with Crippen LogP contribution < -0.4 is 4.74 Å². The largest absolute Gasteiger partial charge is 0.487 e. The Hall–Kier alpha value is -2.39. The van der Waals surface area contributed by atoms with E-state index in [4.69, 9.17) is 4.74 Å². The minimum Gasteiger partial charge on any atom is -0.487 e. The average Bonchev–Trinajstić information content (AvgIpc) is 3.00. The lowest BCUT2D eigenvalue weighted by Gasteiger charge is -2.14. The summed E-state index contributed by atoms with van der Waals surface area (Å²) in [6.07, 6.45) is 4.05. The molecule has 2 atom stereocenters. The van der Waals surface area contributed by atoms with Crippen molar-refractivity contribution in [3.63, 3.8) is 0 Å². The Labute approximate surface area is 154 Å². The number of unbranched alkanes of at least 4 members (excludes halogenated alkanes) is 1. The van der Waals surface area contributed by atoms with E-state index in [2.05, 4.69) is 30.1 Å². The van der Waals surface area contributed by atoms with E-state index in [1.54, 1.807) is 0 Å². The third kappa shape index (κ3) is 3.45. The van der Waals surface area contributed by atoms with Gasteiger partial charge in [0.25, 0.3) is 0 Å². The molecule has 1 aliphatic carbocycles. The number of ether oxygens (including phenoxy) is 1. The maximum Gasteiger partial charge on any atom is 0.130 e. The number of rotatable bonds is 6. The van der Waals surface area contributed by atoms with E-state index >= 15 is 0 Å². The number of fused-ring (bicyclic) bond motifs is 2. The highest BCUT2D eigenvalue weighted by Crippen LogP contribution is 2.40. The summed E-state index contributed by atoms with van der Waals surface area (Å²) < 4.78 is 5.96. The van der Waals surface area contributed by atoms with Gasteiger partial charge in [-0.1, -0.05) is 50.1 Å². The van der Waals surface area contributed by atoms with Crippen molar-refractivity contribution < 1.29 is 9.84 Å². The zero-order valence-corrected chi connectivity index (χ0v) is 15.2. The van der Waals surface area contributed by atoms with E-state index in [-0.39, 0.29) is 6.10 Å². The molecule has 134 valence electrons. The molecule has 0 fully saturated rings. The molecule has 3 heteroatoms. The molecule has 1 N–H and O–H groups in total. The van der Waals surface area contributed by atoms with E-state index in [0.717, 1.165) is 40.8 Å². The van der Waals surface area contributed by atoms with Gasteiger partial charge in [-0.15, -0.1) is 0 Å². The molecule has 26 heavy (non-hydrogen) atoms. The maximum atomic E-state index is 10.6. The Kier molecular flexibility index (Phi) is 4.89. The fourth-order valence-electron chi connectivity index (χ4n) is 3.84. The summed E-state index contributed by atoms with van der Waals surface area (Å²) in [5.74, 6) is 1.15. The zero-order chi connectivity index (χ0) is 17.9. The summed E-state index contributed by atoms with van der Waals surface area (Å²) in [5.41, 5.74) is 4.19. The Morgan fingerprint density at radius 1 is 1.12 bits per heavy atom. The Balaban J connectivity index is 1.45. The van der Waals surface area contributed by atoms with Crippen LogP contribution in [0.25, 0.3) is 10.9 Å². The molecule has 0 saturated heterocycles. The quantitative estimate of drug-likeness (QED) is 0.665. The molecule has 0 unspecified atom stereocenters. The van der Waals surface area contributed by atoms with Crippen LogP contribution >= 0.6 is 0 Å². The minimum absolute atomic E-state index is 0.349. The highest BCUT2D eigenvalue weighted by molar-refractivity contribution is 5.78. The predicted octanol–water partition coefficient (Wildman–Crippen LogP) is 5.21. The minimum atomic E-state index is -0.362. The predicted molar refractivity (Wildman–Crippen MR) is 104 cm³/mol. The van der Waals surface area contributed by atoms with Crippen molar-refractivity contribution in [3.05, 3.63) is 71.4 Å². The molecule has 0 amide bonds. The van der Waals surface area contributed by atoms with Crippen molar-refractivity contribution in [2.45, 2.75) is 45.3 Å². The van der Waals surface area contributed by atoms with Crippen molar-refractivity contribution in [1.29, 1.82) is 0 Å². The second-order valence-corrected chi connectivity index (χ2v) is 7.20. The number of hydrogen-bond acceptors (Lipinski definition) is 3. The van der Waals surface area contributed by atoms with Gasteiger partial charge in [0.05, 0.1) is 17.3 Å². The molecule has 1 aliphatic rings. The van der Waals surface area contributed by atoms with Gasteiger partial charge in [0, 0.05) is 5.39 Å². The van der Waals surface area contributed by atoms with E-state index in [1.807, 2.05) is 36.4 Å². The molecule has 0 bridgehead atoms. The molecule has 3 aromatic rings. The molecular weight excluding hydrogens is 322 g/mol. The number of hydrogen-bond donors (Lipinski definition) is 1. The fourth-order valence-corrected chi connectivity index (χ4v) is 3.84. The summed E-state index contributed by atoms with van der Waals surface area (Å²) in [6.45, 7) is 2.63. The summed E-state index contributed by atoms with van der Waals surface area (Å²) in [6, 6.07) is 18.3. The van der Waals surface area contributed by atoms with Gasteiger partial charge in [0.15, 0.2) is 0 Å². The van der Waals surface area contributed by atoms with Gasteiger partial charge in [-0.25, -0.2) is 4.98 Å². The van der Waals surface area contributed by atoms with E-state index in [9.17, 15) is 5.11 Å². The SMILES string of the molecule is CCCC[C@@H]1Cc2ccc(OCc3ccc4ccccc4n3)cc2[C@H]1O. The van der Waals surface area contributed by atoms with Crippen LogP contribution in [0.5, 0.6) is 5.75 Å². The third-order valence-electron chi connectivity index (χ3n) is 5.34. The number of benzene rings is 2. The smallest absolute Gasteiger partial charge is 0.130 e. The monoisotopic (exact) mass is 347 g/mol.